The van der Waals surface area contributed by atoms with E-state index < -0.39 is 38.3 Å². The highest BCUT2D eigenvalue weighted by Gasteiger charge is 2.46. The predicted octanol–water partition coefficient (Wildman–Crippen LogP) is 4.47. The molecule has 0 spiro atoms. The number of amides is 1. The Kier molecular flexibility index (Phi) is 5.95. The summed E-state index contributed by atoms with van der Waals surface area (Å²) in [7, 11) is -2.72. The molecule has 1 atom stereocenters. The van der Waals surface area contributed by atoms with Crippen LogP contribution in [0.5, 0.6) is 5.75 Å². The fourth-order valence-corrected chi connectivity index (χ4v) is 5.50. The first-order chi connectivity index (χ1) is 15.7. The Labute approximate surface area is 191 Å². The molecule has 33 heavy (non-hydrogen) atoms. The molecule has 3 aromatic rings. The summed E-state index contributed by atoms with van der Waals surface area (Å²) < 4.78 is 46.0. The molecule has 0 radical (unpaired) electrons. The molecular weight excluding hydrogens is 445 g/mol. The van der Waals surface area contributed by atoms with Crippen molar-refractivity contribution in [2.24, 2.45) is 0 Å². The Morgan fingerprint density at radius 3 is 2.33 bits per heavy atom. The fourth-order valence-electron chi connectivity index (χ4n) is 3.86. The largest absolute Gasteiger partial charge is 0.502 e. The number of aliphatic hydroxyl groups excluding tert-OH is 1. The summed E-state index contributed by atoms with van der Waals surface area (Å²) >= 11 is 0. The first kappa shape index (κ1) is 22.5. The van der Waals surface area contributed by atoms with E-state index in [0.717, 1.165) is 5.56 Å². The molecule has 1 aliphatic rings. The first-order valence-corrected chi connectivity index (χ1v) is 11.6. The van der Waals surface area contributed by atoms with Gasteiger partial charge >= 0.3 is 0 Å². The molecule has 0 saturated heterocycles. The standard InChI is InChI=1S/C25H22FNO5S/c1-16-6-12-21(13-7-16)33(30,31)24-22(18-8-10-19(26)11-9-18)27(25(29)23(24)28)15-17-4-3-5-20(14-17)32-2/h3-14,22,28H,15H2,1-2H3/t22-/m1/s1. The Hall–Kier alpha value is -3.65. The number of aliphatic hydroxyl groups is 1. The van der Waals surface area contributed by atoms with Crippen LogP contribution in [0.3, 0.4) is 0 Å². The van der Waals surface area contributed by atoms with Gasteiger partial charge in [-0.05, 0) is 54.4 Å². The van der Waals surface area contributed by atoms with Crippen molar-refractivity contribution in [1.82, 2.24) is 4.90 Å². The van der Waals surface area contributed by atoms with Crippen molar-refractivity contribution >= 4 is 15.7 Å². The van der Waals surface area contributed by atoms with Gasteiger partial charge in [0.2, 0.25) is 9.84 Å². The third-order valence-corrected chi connectivity index (χ3v) is 7.44. The fraction of sp³-hybridized carbons (Fsp3) is 0.160. The minimum absolute atomic E-state index is 0.00898. The van der Waals surface area contributed by atoms with E-state index in [1.54, 1.807) is 36.4 Å². The number of aryl methyl sites for hydroxylation is 1. The maximum Gasteiger partial charge on any atom is 0.290 e. The molecule has 1 heterocycles. The first-order valence-electron chi connectivity index (χ1n) is 10.2. The molecule has 8 heteroatoms. The number of benzene rings is 3. The number of nitrogens with zero attached hydrogens (tertiary/aromatic N) is 1. The molecule has 3 aromatic carbocycles. The molecule has 0 fully saturated rings. The van der Waals surface area contributed by atoms with Gasteiger partial charge in [-0.2, -0.15) is 0 Å². The summed E-state index contributed by atoms with van der Waals surface area (Å²) in [5.41, 5.74) is 1.91. The monoisotopic (exact) mass is 467 g/mol. The van der Waals surface area contributed by atoms with Crippen LogP contribution in [-0.4, -0.2) is 31.4 Å². The van der Waals surface area contributed by atoms with E-state index in [0.29, 0.717) is 16.9 Å². The number of hydrogen-bond donors (Lipinski definition) is 1. The molecule has 4 rings (SSSR count). The van der Waals surface area contributed by atoms with Crippen LogP contribution in [0.2, 0.25) is 0 Å². The number of hydrogen-bond acceptors (Lipinski definition) is 5. The second kappa shape index (κ2) is 8.71. The molecule has 1 aliphatic heterocycles. The summed E-state index contributed by atoms with van der Waals surface area (Å²) in [5, 5.41) is 10.8. The summed E-state index contributed by atoms with van der Waals surface area (Å²) in [5.74, 6) is -1.59. The van der Waals surface area contributed by atoms with E-state index in [2.05, 4.69) is 0 Å². The Balaban J connectivity index is 1.84. The topological polar surface area (TPSA) is 83.9 Å². The quantitative estimate of drug-likeness (QED) is 0.578. The van der Waals surface area contributed by atoms with Crippen LogP contribution in [0.15, 0.2) is 88.4 Å². The number of sulfone groups is 1. The van der Waals surface area contributed by atoms with Crippen molar-refractivity contribution in [3.8, 4) is 5.75 Å². The normalized spacial score (nSPS) is 16.4. The Morgan fingerprint density at radius 2 is 1.70 bits per heavy atom. The number of carbonyl (C=O) groups is 1. The van der Waals surface area contributed by atoms with Crippen molar-refractivity contribution in [2.45, 2.75) is 24.4 Å². The summed E-state index contributed by atoms with van der Waals surface area (Å²) in [6, 6.07) is 17.2. The van der Waals surface area contributed by atoms with E-state index in [1.165, 1.54) is 48.4 Å². The zero-order valence-electron chi connectivity index (χ0n) is 18.0. The molecule has 0 aromatic heterocycles. The van der Waals surface area contributed by atoms with E-state index in [9.17, 15) is 22.7 Å². The van der Waals surface area contributed by atoms with Crippen LogP contribution in [0, 0.1) is 12.7 Å². The maximum atomic E-state index is 13.6. The van der Waals surface area contributed by atoms with Gasteiger partial charge in [0, 0.05) is 6.54 Å². The molecule has 0 unspecified atom stereocenters. The van der Waals surface area contributed by atoms with E-state index in [1.807, 2.05) is 6.92 Å². The highest BCUT2D eigenvalue weighted by atomic mass is 32.2. The molecule has 0 saturated carbocycles. The number of carbonyl (C=O) groups excluding carboxylic acids is 1. The molecule has 170 valence electrons. The van der Waals surface area contributed by atoms with Gasteiger partial charge in [0.05, 0.1) is 18.0 Å². The third-order valence-electron chi connectivity index (χ3n) is 5.55. The van der Waals surface area contributed by atoms with Crippen LogP contribution >= 0.6 is 0 Å². The van der Waals surface area contributed by atoms with E-state index in [4.69, 9.17) is 4.74 Å². The van der Waals surface area contributed by atoms with Crippen molar-refractivity contribution in [1.29, 1.82) is 0 Å². The molecule has 1 N–H and O–H groups in total. The second-order valence-corrected chi connectivity index (χ2v) is 9.69. The van der Waals surface area contributed by atoms with Crippen LogP contribution in [0.1, 0.15) is 22.7 Å². The number of rotatable bonds is 6. The Morgan fingerprint density at radius 1 is 1.03 bits per heavy atom. The van der Waals surface area contributed by atoms with E-state index in [-0.39, 0.29) is 11.4 Å². The number of methoxy groups -OCH3 is 1. The predicted molar refractivity (Wildman–Crippen MR) is 121 cm³/mol. The lowest BCUT2D eigenvalue weighted by molar-refractivity contribution is -0.130. The average molecular weight is 468 g/mol. The van der Waals surface area contributed by atoms with Crippen molar-refractivity contribution in [2.75, 3.05) is 7.11 Å². The van der Waals surface area contributed by atoms with Crippen molar-refractivity contribution < 1.29 is 27.4 Å². The second-order valence-electron chi connectivity index (χ2n) is 7.77. The molecule has 6 nitrogen and oxygen atoms in total. The lowest BCUT2D eigenvalue weighted by Gasteiger charge is -2.27. The molecule has 1 amide bonds. The van der Waals surface area contributed by atoms with Crippen LogP contribution in [0.4, 0.5) is 4.39 Å². The zero-order valence-corrected chi connectivity index (χ0v) is 18.8. The Bertz CT molecular complexity index is 1330. The minimum atomic E-state index is -4.23. The van der Waals surface area contributed by atoms with Gasteiger partial charge in [0.1, 0.15) is 16.5 Å². The van der Waals surface area contributed by atoms with E-state index >= 15 is 0 Å². The lowest BCUT2D eigenvalue weighted by atomic mass is 10.1. The van der Waals surface area contributed by atoms with Gasteiger partial charge in [0.15, 0.2) is 5.76 Å². The molecule has 0 aliphatic carbocycles. The van der Waals surface area contributed by atoms with Gasteiger partial charge in [-0.1, -0.05) is 42.0 Å². The van der Waals surface area contributed by atoms with Gasteiger partial charge in [-0.25, -0.2) is 12.8 Å². The third kappa shape index (κ3) is 4.21. The number of ether oxygens (including phenoxy) is 1. The number of halogens is 1. The van der Waals surface area contributed by atoms with Crippen LogP contribution < -0.4 is 4.74 Å². The minimum Gasteiger partial charge on any atom is -0.502 e. The van der Waals surface area contributed by atoms with Gasteiger partial charge in [-0.15, -0.1) is 0 Å². The van der Waals surface area contributed by atoms with Crippen LogP contribution in [0.25, 0.3) is 0 Å². The highest BCUT2D eigenvalue weighted by molar-refractivity contribution is 7.95. The summed E-state index contributed by atoms with van der Waals surface area (Å²) in [6.45, 7) is 1.83. The maximum absolute atomic E-state index is 13.6. The van der Waals surface area contributed by atoms with Gasteiger partial charge in [0.25, 0.3) is 5.91 Å². The summed E-state index contributed by atoms with van der Waals surface area (Å²) in [6.07, 6.45) is 0. The van der Waals surface area contributed by atoms with Gasteiger partial charge < -0.3 is 14.7 Å². The summed E-state index contributed by atoms with van der Waals surface area (Å²) in [4.78, 5) is 13.9. The average Bonchev–Trinajstić information content (AvgIpc) is 3.05. The highest BCUT2D eigenvalue weighted by Crippen LogP contribution is 2.43. The smallest absolute Gasteiger partial charge is 0.290 e. The zero-order chi connectivity index (χ0) is 23.8. The SMILES string of the molecule is COc1cccc(CN2C(=O)C(O)=C(S(=O)(=O)c3ccc(C)cc3)[C@H]2c2ccc(F)cc2)c1. The molecule has 0 bridgehead atoms. The molecular formula is C25H22FNO5S. The van der Waals surface area contributed by atoms with Crippen molar-refractivity contribution in [3.05, 3.63) is 106 Å². The van der Waals surface area contributed by atoms with Crippen molar-refractivity contribution in [3.63, 3.8) is 0 Å². The van der Waals surface area contributed by atoms with Crippen LogP contribution in [-0.2, 0) is 21.2 Å². The lowest BCUT2D eigenvalue weighted by Crippen LogP contribution is -2.30. The van der Waals surface area contributed by atoms with Gasteiger partial charge in [-0.3, -0.25) is 4.79 Å².